The molecule has 0 saturated carbocycles. The largest absolute Gasteiger partial charge is 0.438 e. The van der Waals surface area contributed by atoms with Crippen LogP contribution in [0.4, 0.5) is 61.5 Å². The van der Waals surface area contributed by atoms with Crippen molar-refractivity contribution in [3.05, 3.63) is 12.7 Å². The van der Waals surface area contributed by atoms with E-state index in [4.69, 9.17) is 10.3 Å². The van der Waals surface area contributed by atoms with E-state index in [9.17, 15) is 69.9 Å². The minimum absolute atomic E-state index is 0.428. The van der Waals surface area contributed by atoms with Gasteiger partial charge < -0.3 is 5.73 Å². The molecule has 0 amide bonds. The Morgan fingerprint density at radius 3 is 1.33 bits per heavy atom. The molecule has 0 aliphatic carbocycles. The molecule has 0 heterocycles. The highest BCUT2D eigenvalue weighted by Crippen LogP contribution is 2.63. The van der Waals surface area contributed by atoms with Gasteiger partial charge in [0.15, 0.2) is 0 Å². The Hall–Kier alpha value is -1.37. The molecule has 0 aliphatic rings. The topological polar surface area (TPSA) is 80.4 Å². The second-order valence-corrected chi connectivity index (χ2v) is 7.66. The summed E-state index contributed by atoms with van der Waals surface area (Å²) in [7, 11) is -7.70. The predicted octanol–water partition coefficient (Wildman–Crippen LogP) is 5.60. The maximum Gasteiger partial charge on any atom is 0.438 e. The second kappa shape index (κ2) is 10.1. The lowest BCUT2D eigenvalue weighted by Gasteiger charge is -2.42. The third kappa shape index (κ3) is 5.49. The summed E-state index contributed by atoms with van der Waals surface area (Å²) >= 11 is 0. The average Bonchev–Trinajstić information content (AvgIpc) is 2.64. The van der Waals surface area contributed by atoms with Crippen molar-refractivity contribution in [3.63, 3.8) is 0 Å². The second-order valence-electron chi connectivity index (χ2n) is 6.20. The molecule has 4 nitrogen and oxygen atoms in total. The molecule has 0 spiro atoms. The number of hydrogen-bond acceptors (Lipinski definition) is 3. The molecule has 0 aromatic carbocycles. The highest BCUT2D eigenvalue weighted by molar-refractivity contribution is 7.87. The van der Waals surface area contributed by atoms with Crippen LogP contribution in [0.15, 0.2) is 12.7 Å². The zero-order chi connectivity index (χ0) is 27.5. The van der Waals surface area contributed by atoms with Crippen molar-refractivity contribution in [3.8, 4) is 0 Å². The van der Waals surface area contributed by atoms with Crippen LogP contribution in [0.3, 0.4) is 0 Å². The molecule has 0 bridgehead atoms. The van der Waals surface area contributed by atoms with Gasteiger partial charge in [-0.1, -0.05) is 19.4 Å². The van der Waals surface area contributed by atoms with Crippen LogP contribution in [0, 0.1) is 0 Å². The number of rotatable bonds is 11. The van der Waals surface area contributed by atoms with E-state index in [1.54, 1.807) is 6.08 Å². The van der Waals surface area contributed by atoms with Gasteiger partial charge in [0.1, 0.15) is 0 Å². The van der Waals surface area contributed by atoms with Gasteiger partial charge in [-0.2, -0.15) is 69.9 Å². The molecule has 0 rings (SSSR count). The van der Waals surface area contributed by atoms with Crippen LogP contribution >= 0.6 is 0 Å². The number of halogens is 14. The molecule has 0 unspecified atom stereocenters. The van der Waals surface area contributed by atoms with Crippen LogP contribution in [-0.2, 0) is 10.1 Å². The van der Waals surface area contributed by atoms with Gasteiger partial charge in [0.2, 0.25) is 0 Å². The molecule has 0 aliphatic heterocycles. The van der Waals surface area contributed by atoms with Crippen molar-refractivity contribution in [2.24, 2.45) is 5.73 Å². The Morgan fingerprint density at radius 1 is 0.758 bits per heavy atom. The summed E-state index contributed by atoms with van der Waals surface area (Å²) < 4.78 is 213. The third-order valence-corrected chi connectivity index (χ3v) is 4.64. The smallest absolute Gasteiger partial charge is 0.327 e. The molecule has 0 aromatic heterocycles. The monoisotopic (exact) mass is 545 g/mol. The van der Waals surface area contributed by atoms with Gasteiger partial charge >= 0.3 is 50.9 Å². The number of nitrogens with two attached hydrogens (primary N) is 1. The fourth-order valence-electron chi connectivity index (χ4n) is 1.72. The van der Waals surface area contributed by atoms with Crippen molar-refractivity contribution < 1.29 is 74.4 Å². The van der Waals surface area contributed by atoms with Crippen LogP contribution in [-0.4, -0.2) is 60.3 Å². The lowest BCUT2D eigenvalue weighted by molar-refractivity contribution is -0.436. The highest BCUT2D eigenvalue weighted by atomic mass is 32.2. The zero-order valence-electron chi connectivity index (χ0n) is 16.2. The quantitative estimate of drug-likeness (QED) is 0.201. The summed E-state index contributed by atoms with van der Waals surface area (Å²) in [6.07, 6.45) is -2.15. The van der Waals surface area contributed by atoms with Crippen LogP contribution in [0.25, 0.3) is 0 Å². The standard InChI is InChI=1S/C11H10F14O3S.C3H7N/c1-2-3-4-5(12,13)6(14,15)7(16,17)8(18,19)9(20,21)10(22,23)11(24,25)29(26,27)28;1-2-3-4/h2-4H2,1H3,(H,26,27,28);2H,1,3-4H2. The molecule has 200 valence electrons. The molecule has 19 heteroatoms. The van der Waals surface area contributed by atoms with Gasteiger partial charge in [-0.15, -0.1) is 6.58 Å². The first-order chi connectivity index (χ1) is 14.2. The van der Waals surface area contributed by atoms with E-state index in [0.29, 0.717) is 6.54 Å². The van der Waals surface area contributed by atoms with Gasteiger partial charge in [-0.25, -0.2) is 0 Å². The van der Waals surface area contributed by atoms with Gasteiger partial charge in [0.05, 0.1) is 0 Å². The first-order valence-electron chi connectivity index (χ1n) is 8.15. The molecular formula is C14H17F14NO3S. The lowest BCUT2D eigenvalue weighted by atomic mass is 9.89. The Kier molecular flexibility index (Phi) is 10.3. The van der Waals surface area contributed by atoms with Gasteiger partial charge in [0, 0.05) is 13.0 Å². The van der Waals surface area contributed by atoms with Gasteiger partial charge in [-0.05, 0) is 6.42 Å². The van der Waals surface area contributed by atoms with Gasteiger partial charge in [-0.3, -0.25) is 4.55 Å². The summed E-state index contributed by atoms with van der Waals surface area (Å²) in [4.78, 5) is 0. The maximum absolute atomic E-state index is 13.4. The van der Waals surface area contributed by atoms with Crippen LogP contribution in [0.2, 0.25) is 0 Å². The van der Waals surface area contributed by atoms with Gasteiger partial charge in [0.25, 0.3) is 0 Å². The van der Waals surface area contributed by atoms with E-state index in [2.05, 4.69) is 6.58 Å². The Balaban J connectivity index is 0. The van der Waals surface area contributed by atoms with Crippen molar-refractivity contribution >= 4 is 10.1 Å². The summed E-state index contributed by atoms with van der Waals surface area (Å²) in [6.45, 7) is 4.96. The molecule has 33 heavy (non-hydrogen) atoms. The minimum Gasteiger partial charge on any atom is -0.327 e. The molecule has 0 fully saturated rings. The first kappa shape index (κ1) is 33.8. The van der Waals surface area contributed by atoms with E-state index in [1.165, 1.54) is 0 Å². The Bertz CT molecular complexity index is 767. The number of unbranched alkanes of at least 4 members (excludes halogenated alkanes) is 1. The maximum atomic E-state index is 13.4. The summed E-state index contributed by atoms with van der Waals surface area (Å²) in [6, 6.07) is 0. The Labute approximate surface area is 177 Å². The van der Waals surface area contributed by atoms with Crippen molar-refractivity contribution in [2.75, 3.05) is 6.54 Å². The fourth-order valence-corrected chi connectivity index (χ4v) is 2.17. The summed E-state index contributed by atoms with van der Waals surface area (Å²) in [5.41, 5.74) is 4.91. The van der Waals surface area contributed by atoms with E-state index < -0.39 is 70.2 Å². The molecule has 0 atom stereocenters. The SMILES string of the molecule is C=CCN.CCCCC(F)(F)C(F)(F)C(F)(F)C(F)(F)C(F)(F)C(F)(F)C(F)(F)S(=O)(=O)O. The van der Waals surface area contributed by atoms with Crippen molar-refractivity contribution in [1.29, 1.82) is 0 Å². The molecule has 0 aromatic rings. The van der Waals surface area contributed by atoms with Crippen LogP contribution in [0.1, 0.15) is 26.2 Å². The lowest BCUT2D eigenvalue weighted by Crippen LogP contribution is -2.73. The number of hydrogen-bond donors (Lipinski definition) is 2. The summed E-state index contributed by atoms with van der Waals surface area (Å²) in [5, 5.41) is -7.61. The molecule has 0 radical (unpaired) electrons. The normalized spacial score (nSPS) is 15.1. The molecule has 3 N–H and O–H groups in total. The predicted molar refractivity (Wildman–Crippen MR) is 85.0 cm³/mol. The fraction of sp³-hybridized carbons (Fsp3) is 0.857. The van der Waals surface area contributed by atoms with Crippen LogP contribution in [0.5, 0.6) is 0 Å². The summed E-state index contributed by atoms with van der Waals surface area (Å²) in [5.74, 6) is -46.7. The first-order valence-corrected chi connectivity index (χ1v) is 9.59. The average molecular weight is 545 g/mol. The molecular weight excluding hydrogens is 528 g/mol. The number of alkyl halides is 14. The third-order valence-electron chi connectivity index (χ3n) is 3.74. The Morgan fingerprint density at radius 2 is 1.06 bits per heavy atom. The minimum atomic E-state index is -8.38. The van der Waals surface area contributed by atoms with E-state index >= 15 is 0 Å². The van der Waals surface area contributed by atoms with Crippen LogP contribution < -0.4 is 5.73 Å². The highest BCUT2D eigenvalue weighted by Gasteiger charge is 2.94. The van der Waals surface area contributed by atoms with E-state index in [0.717, 1.165) is 6.92 Å². The van der Waals surface area contributed by atoms with Crippen molar-refractivity contribution in [2.45, 2.75) is 67.0 Å². The van der Waals surface area contributed by atoms with E-state index in [-0.39, 0.29) is 0 Å². The van der Waals surface area contributed by atoms with E-state index in [1.807, 2.05) is 0 Å². The molecule has 0 saturated heterocycles. The zero-order valence-corrected chi connectivity index (χ0v) is 17.0. The van der Waals surface area contributed by atoms with Crippen molar-refractivity contribution in [1.82, 2.24) is 0 Å².